The molecule has 0 saturated heterocycles. The first-order valence-electron chi connectivity index (χ1n) is 4.49. The Hall–Kier alpha value is -1.48. The van der Waals surface area contributed by atoms with Crippen LogP contribution in [0.5, 0.6) is 0 Å². The van der Waals surface area contributed by atoms with Crippen molar-refractivity contribution in [1.82, 2.24) is 4.98 Å². The first kappa shape index (κ1) is 10.1. The lowest BCUT2D eigenvalue weighted by Crippen LogP contribution is -2.01. The van der Waals surface area contributed by atoms with Gasteiger partial charge in [-0.1, -0.05) is 11.6 Å². The van der Waals surface area contributed by atoms with E-state index in [1.807, 2.05) is 13.0 Å². The summed E-state index contributed by atoms with van der Waals surface area (Å²) < 4.78 is 4.64. The highest BCUT2D eigenvalue weighted by Gasteiger charge is 2.12. The quantitative estimate of drug-likeness (QED) is 0.756. The van der Waals surface area contributed by atoms with Crippen molar-refractivity contribution in [2.24, 2.45) is 0 Å². The van der Waals surface area contributed by atoms with E-state index >= 15 is 0 Å². The summed E-state index contributed by atoms with van der Waals surface area (Å²) in [5.41, 5.74) is 2.35. The number of hydrogen-bond acceptors (Lipinski definition) is 2. The molecule has 0 aliphatic rings. The zero-order valence-electron chi connectivity index (χ0n) is 8.43. The molecule has 1 aromatic carbocycles. The number of aromatic nitrogens is 1. The van der Waals surface area contributed by atoms with Gasteiger partial charge in [-0.05, 0) is 25.1 Å². The lowest BCUT2D eigenvalue weighted by atomic mass is 10.1. The molecule has 0 radical (unpaired) electrons. The molecule has 0 unspecified atom stereocenters. The number of fused-ring (bicyclic) bond motifs is 1. The average molecular weight is 224 g/mol. The number of methoxy groups -OCH3 is 1. The maximum Gasteiger partial charge on any atom is 0.339 e. The number of ether oxygens (including phenoxy) is 1. The van der Waals surface area contributed by atoms with Gasteiger partial charge in [-0.2, -0.15) is 0 Å². The Morgan fingerprint density at radius 2 is 2.13 bits per heavy atom. The molecular formula is C11H10ClNO2. The van der Waals surface area contributed by atoms with Gasteiger partial charge in [0.05, 0.1) is 17.7 Å². The van der Waals surface area contributed by atoms with Crippen LogP contribution < -0.4 is 0 Å². The molecule has 0 atom stereocenters. The Labute approximate surface area is 92.0 Å². The van der Waals surface area contributed by atoms with E-state index < -0.39 is 5.97 Å². The fraction of sp³-hybridized carbons (Fsp3) is 0.182. The van der Waals surface area contributed by atoms with Crippen LogP contribution in [0.4, 0.5) is 0 Å². The number of carbonyl (C=O) groups excluding carboxylic acids is 1. The van der Waals surface area contributed by atoms with Crippen LogP contribution in [0.3, 0.4) is 0 Å². The minimum Gasteiger partial charge on any atom is -0.465 e. The molecule has 0 spiro atoms. The molecule has 0 saturated carbocycles. The summed E-state index contributed by atoms with van der Waals surface area (Å²) in [6.07, 6.45) is 0. The zero-order chi connectivity index (χ0) is 11.0. The minimum absolute atomic E-state index is 0.394. The van der Waals surface area contributed by atoms with Crippen molar-refractivity contribution in [2.75, 3.05) is 7.11 Å². The van der Waals surface area contributed by atoms with E-state index in [4.69, 9.17) is 11.6 Å². The lowest BCUT2D eigenvalue weighted by Gasteiger charge is -2.01. The van der Waals surface area contributed by atoms with E-state index in [0.29, 0.717) is 10.6 Å². The minimum atomic E-state index is -0.416. The SMILES string of the molecule is COC(=O)c1cc2cc(C)[nH]c2cc1Cl. The normalized spacial score (nSPS) is 10.6. The van der Waals surface area contributed by atoms with Gasteiger partial charge in [0.15, 0.2) is 0 Å². The van der Waals surface area contributed by atoms with E-state index in [1.165, 1.54) is 7.11 Å². The zero-order valence-corrected chi connectivity index (χ0v) is 9.18. The molecule has 3 nitrogen and oxygen atoms in total. The summed E-state index contributed by atoms with van der Waals surface area (Å²) >= 11 is 5.97. The highest BCUT2D eigenvalue weighted by atomic mass is 35.5. The van der Waals surface area contributed by atoms with E-state index in [1.54, 1.807) is 12.1 Å². The van der Waals surface area contributed by atoms with Crippen molar-refractivity contribution in [3.05, 3.63) is 34.5 Å². The van der Waals surface area contributed by atoms with Gasteiger partial charge in [-0.15, -0.1) is 0 Å². The molecule has 0 amide bonds. The summed E-state index contributed by atoms with van der Waals surface area (Å²) in [5.74, 6) is -0.416. The largest absolute Gasteiger partial charge is 0.465 e. The predicted octanol–water partition coefficient (Wildman–Crippen LogP) is 2.92. The number of nitrogens with one attached hydrogen (secondary N) is 1. The van der Waals surface area contributed by atoms with Crippen LogP contribution in [0.2, 0.25) is 5.02 Å². The first-order valence-corrected chi connectivity index (χ1v) is 4.87. The number of halogens is 1. The molecule has 1 N–H and O–H groups in total. The summed E-state index contributed by atoms with van der Waals surface area (Å²) in [5, 5.41) is 1.36. The number of rotatable bonds is 1. The third kappa shape index (κ3) is 1.70. The number of H-pyrrole nitrogens is 1. The summed E-state index contributed by atoms with van der Waals surface area (Å²) in [6.45, 7) is 1.95. The van der Waals surface area contributed by atoms with Crippen LogP contribution >= 0.6 is 11.6 Å². The van der Waals surface area contributed by atoms with Gasteiger partial charge in [-0.3, -0.25) is 0 Å². The van der Waals surface area contributed by atoms with Crippen molar-refractivity contribution in [3.63, 3.8) is 0 Å². The van der Waals surface area contributed by atoms with Crippen LogP contribution in [0.1, 0.15) is 16.1 Å². The molecule has 4 heteroatoms. The number of carbonyl (C=O) groups is 1. The average Bonchev–Trinajstić information content (AvgIpc) is 2.55. The van der Waals surface area contributed by atoms with Crippen LogP contribution in [-0.2, 0) is 4.74 Å². The summed E-state index contributed by atoms with van der Waals surface area (Å²) in [7, 11) is 1.34. The first-order chi connectivity index (χ1) is 7.11. The molecule has 2 rings (SSSR count). The second kappa shape index (κ2) is 3.59. The van der Waals surface area contributed by atoms with Gasteiger partial charge in [0.25, 0.3) is 0 Å². The maximum atomic E-state index is 11.4. The van der Waals surface area contributed by atoms with Gasteiger partial charge in [0.1, 0.15) is 0 Å². The summed E-state index contributed by atoms with van der Waals surface area (Å²) in [6, 6.07) is 5.42. The Kier molecular flexibility index (Phi) is 2.40. The van der Waals surface area contributed by atoms with E-state index in [9.17, 15) is 4.79 Å². The van der Waals surface area contributed by atoms with Gasteiger partial charge in [0, 0.05) is 16.6 Å². The Bertz CT molecular complexity index is 531. The molecule has 0 bridgehead atoms. The highest BCUT2D eigenvalue weighted by Crippen LogP contribution is 2.24. The summed E-state index contributed by atoms with van der Waals surface area (Å²) in [4.78, 5) is 14.5. The molecular weight excluding hydrogens is 214 g/mol. The molecule has 0 aliphatic carbocycles. The number of aryl methyl sites for hydroxylation is 1. The second-order valence-electron chi connectivity index (χ2n) is 3.36. The number of esters is 1. The molecule has 0 fully saturated rings. The van der Waals surface area contributed by atoms with Crippen LogP contribution in [0.15, 0.2) is 18.2 Å². The Morgan fingerprint density at radius 1 is 1.40 bits per heavy atom. The number of benzene rings is 1. The predicted molar refractivity (Wildman–Crippen MR) is 59.4 cm³/mol. The molecule has 1 aromatic heterocycles. The van der Waals surface area contributed by atoms with Gasteiger partial charge in [0.2, 0.25) is 0 Å². The fourth-order valence-corrected chi connectivity index (χ4v) is 1.81. The van der Waals surface area contributed by atoms with Crippen molar-refractivity contribution in [3.8, 4) is 0 Å². The third-order valence-electron chi connectivity index (χ3n) is 2.25. The van der Waals surface area contributed by atoms with E-state index in [2.05, 4.69) is 9.72 Å². The van der Waals surface area contributed by atoms with Crippen molar-refractivity contribution < 1.29 is 9.53 Å². The number of aromatic amines is 1. The molecule has 2 aromatic rings. The van der Waals surface area contributed by atoms with E-state index in [0.717, 1.165) is 16.6 Å². The molecule has 0 aliphatic heterocycles. The molecule has 15 heavy (non-hydrogen) atoms. The Morgan fingerprint density at radius 3 is 2.80 bits per heavy atom. The van der Waals surface area contributed by atoms with Gasteiger partial charge >= 0.3 is 5.97 Å². The molecule has 1 heterocycles. The fourth-order valence-electron chi connectivity index (χ4n) is 1.57. The van der Waals surface area contributed by atoms with Crippen molar-refractivity contribution in [1.29, 1.82) is 0 Å². The molecule has 78 valence electrons. The van der Waals surface area contributed by atoms with Crippen LogP contribution in [0, 0.1) is 6.92 Å². The standard InChI is InChI=1S/C11H10ClNO2/c1-6-3-7-4-8(11(14)15-2)9(12)5-10(7)13-6/h3-5,13H,1-2H3. The van der Waals surface area contributed by atoms with Gasteiger partial charge in [-0.25, -0.2) is 4.79 Å². The third-order valence-corrected chi connectivity index (χ3v) is 2.56. The highest BCUT2D eigenvalue weighted by molar-refractivity contribution is 6.34. The monoisotopic (exact) mass is 223 g/mol. The van der Waals surface area contributed by atoms with Crippen molar-refractivity contribution in [2.45, 2.75) is 6.92 Å². The lowest BCUT2D eigenvalue weighted by molar-refractivity contribution is 0.0601. The Balaban J connectivity index is 2.66. The van der Waals surface area contributed by atoms with Crippen molar-refractivity contribution >= 4 is 28.5 Å². The topological polar surface area (TPSA) is 42.1 Å². The van der Waals surface area contributed by atoms with Crippen LogP contribution in [-0.4, -0.2) is 18.1 Å². The van der Waals surface area contributed by atoms with E-state index in [-0.39, 0.29) is 0 Å². The van der Waals surface area contributed by atoms with Crippen LogP contribution in [0.25, 0.3) is 10.9 Å². The maximum absolute atomic E-state index is 11.4. The van der Waals surface area contributed by atoms with Gasteiger partial charge < -0.3 is 9.72 Å². The number of hydrogen-bond donors (Lipinski definition) is 1. The second-order valence-corrected chi connectivity index (χ2v) is 3.77. The smallest absolute Gasteiger partial charge is 0.339 e.